The Morgan fingerprint density at radius 2 is 1.87 bits per heavy atom. The van der Waals surface area contributed by atoms with Crippen LogP contribution in [-0.2, 0) is 16.6 Å². The summed E-state index contributed by atoms with van der Waals surface area (Å²) in [7, 11) is -2.00. The van der Waals surface area contributed by atoms with Gasteiger partial charge in [0.15, 0.2) is 0 Å². The Morgan fingerprint density at radius 1 is 1.18 bits per heavy atom. The first-order valence-corrected chi connectivity index (χ1v) is 14.1. The van der Waals surface area contributed by atoms with Gasteiger partial charge in [0, 0.05) is 49.9 Å². The van der Waals surface area contributed by atoms with Gasteiger partial charge in [-0.15, -0.1) is 13.2 Å². The van der Waals surface area contributed by atoms with Gasteiger partial charge in [0.05, 0.1) is 12.3 Å². The molecule has 212 valence electrons. The number of carbonyl (C=O) groups is 2. The van der Waals surface area contributed by atoms with Crippen LogP contribution in [0.1, 0.15) is 37.7 Å². The van der Waals surface area contributed by atoms with Crippen LogP contribution >= 0.6 is 0 Å². The van der Waals surface area contributed by atoms with E-state index in [9.17, 15) is 35.6 Å². The SMILES string of the molecule is CNC(=O)N1CC(C2(NS(C)(=O)=O)CC2)C[C@@H](N(C(=O)NCc2ccc(OC(F)(F)F)cc2F)C2CC2)C1. The van der Waals surface area contributed by atoms with Crippen LogP contribution in [0.2, 0.25) is 0 Å². The lowest BCUT2D eigenvalue weighted by Gasteiger charge is -2.45. The topological polar surface area (TPSA) is 120 Å². The van der Waals surface area contributed by atoms with Crippen molar-refractivity contribution >= 4 is 22.1 Å². The fourth-order valence-electron chi connectivity index (χ4n) is 5.21. The summed E-state index contributed by atoms with van der Waals surface area (Å²) in [6.45, 7) is 0.304. The molecule has 0 aromatic heterocycles. The molecule has 2 saturated carbocycles. The van der Waals surface area contributed by atoms with E-state index in [0.29, 0.717) is 31.9 Å². The van der Waals surface area contributed by atoms with Gasteiger partial charge < -0.3 is 25.2 Å². The Labute approximate surface area is 218 Å². The quantitative estimate of drug-likeness (QED) is 0.419. The summed E-state index contributed by atoms with van der Waals surface area (Å²) < 4.78 is 82.0. The maximum Gasteiger partial charge on any atom is 0.573 e. The van der Waals surface area contributed by atoms with E-state index >= 15 is 0 Å². The Morgan fingerprint density at radius 3 is 2.39 bits per heavy atom. The van der Waals surface area contributed by atoms with E-state index in [4.69, 9.17) is 0 Å². The minimum Gasteiger partial charge on any atom is -0.406 e. The van der Waals surface area contributed by atoms with E-state index in [-0.39, 0.29) is 36.6 Å². The van der Waals surface area contributed by atoms with E-state index < -0.39 is 45.6 Å². The summed E-state index contributed by atoms with van der Waals surface area (Å²) in [6, 6.07) is 1.34. The number of piperidine rings is 1. The molecule has 1 aliphatic heterocycles. The second-order valence-corrected chi connectivity index (χ2v) is 11.9. The maximum absolute atomic E-state index is 14.4. The molecule has 38 heavy (non-hydrogen) atoms. The van der Waals surface area contributed by atoms with E-state index in [1.54, 1.807) is 9.80 Å². The molecule has 2 aliphatic carbocycles. The molecular formula is C23H31F4N5O5S. The van der Waals surface area contributed by atoms with Crippen molar-refractivity contribution in [3.05, 3.63) is 29.6 Å². The van der Waals surface area contributed by atoms with Crippen LogP contribution in [0, 0.1) is 11.7 Å². The van der Waals surface area contributed by atoms with Crippen LogP contribution in [0.4, 0.5) is 27.2 Å². The molecule has 10 nitrogen and oxygen atoms in total. The molecule has 3 N–H and O–H groups in total. The van der Waals surface area contributed by atoms with Gasteiger partial charge in [-0.25, -0.2) is 27.1 Å². The molecule has 3 fully saturated rings. The first kappa shape index (κ1) is 28.2. The Bertz CT molecular complexity index is 1170. The van der Waals surface area contributed by atoms with Crippen molar-refractivity contribution in [2.75, 3.05) is 26.4 Å². The molecule has 1 unspecified atom stereocenters. The Balaban J connectivity index is 1.48. The highest BCUT2D eigenvalue weighted by molar-refractivity contribution is 7.88. The molecule has 1 heterocycles. The predicted molar refractivity (Wildman–Crippen MR) is 128 cm³/mol. The molecule has 1 aromatic carbocycles. The highest BCUT2D eigenvalue weighted by atomic mass is 32.2. The van der Waals surface area contributed by atoms with Crippen molar-refractivity contribution in [2.24, 2.45) is 5.92 Å². The lowest BCUT2D eigenvalue weighted by atomic mass is 9.86. The molecule has 15 heteroatoms. The van der Waals surface area contributed by atoms with Gasteiger partial charge in [-0.2, -0.15) is 0 Å². The number of likely N-dealkylation sites (tertiary alicyclic amines) is 1. The van der Waals surface area contributed by atoms with Crippen molar-refractivity contribution in [1.29, 1.82) is 0 Å². The smallest absolute Gasteiger partial charge is 0.406 e. The molecule has 0 spiro atoms. The molecule has 4 amide bonds. The number of amides is 4. The third kappa shape index (κ3) is 6.98. The zero-order valence-corrected chi connectivity index (χ0v) is 21.8. The molecule has 1 aromatic rings. The number of ether oxygens (including phenoxy) is 1. The van der Waals surface area contributed by atoms with Crippen LogP contribution in [0.15, 0.2) is 18.2 Å². The summed E-state index contributed by atoms with van der Waals surface area (Å²) in [5.41, 5.74) is -0.695. The van der Waals surface area contributed by atoms with Gasteiger partial charge in [-0.3, -0.25) is 0 Å². The summed E-state index contributed by atoms with van der Waals surface area (Å²) in [5, 5.41) is 5.23. The lowest BCUT2D eigenvalue weighted by Crippen LogP contribution is -2.61. The van der Waals surface area contributed by atoms with Crippen molar-refractivity contribution in [1.82, 2.24) is 25.2 Å². The van der Waals surface area contributed by atoms with Crippen LogP contribution in [0.25, 0.3) is 0 Å². The van der Waals surface area contributed by atoms with Gasteiger partial charge in [-0.05, 0) is 44.1 Å². The van der Waals surface area contributed by atoms with Gasteiger partial charge in [-0.1, -0.05) is 6.07 Å². The number of sulfonamides is 1. The first-order valence-electron chi connectivity index (χ1n) is 12.3. The standard InChI is InChI=1S/C23H31F4N5O5S/c1-28-20(33)31-12-15(22(7-8-22)30-38(2,35)36)9-17(13-31)32(16-4-5-16)21(34)29-11-14-3-6-18(10-19(14)24)37-23(25,26)27/h3,6,10,15-17,30H,4-5,7-9,11-13H2,1-2H3,(H,28,33)(H,29,34)/t15?,17-/m1/s1. The third-order valence-corrected chi connectivity index (χ3v) is 7.92. The number of nitrogens with zero attached hydrogens (tertiary/aromatic N) is 2. The van der Waals surface area contributed by atoms with Crippen molar-refractivity contribution in [3.63, 3.8) is 0 Å². The fraction of sp³-hybridized carbons (Fsp3) is 0.652. The minimum atomic E-state index is -4.96. The second kappa shape index (κ2) is 10.4. The largest absolute Gasteiger partial charge is 0.573 e. The summed E-state index contributed by atoms with van der Waals surface area (Å²) in [5.74, 6) is -1.89. The average molecular weight is 566 g/mol. The predicted octanol–water partition coefficient (Wildman–Crippen LogP) is 2.51. The summed E-state index contributed by atoms with van der Waals surface area (Å²) in [4.78, 5) is 29.1. The lowest BCUT2D eigenvalue weighted by molar-refractivity contribution is -0.274. The number of benzene rings is 1. The Kier molecular flexibility index (Phi) is 7.72. The normalized spacial score (nSPS) is 22.9. The van der Waals surface area contributed by atoms with Crippen molar-refractivity contribution in [3.8, 4) is 5.75 Å². The number of halogens is 4. The zero-order chi connectivity index (χ0) is 27.9. The van der Waals surface area contributed by atoms with E-state index in [0.717, 1.165) is 31.2 Å². The van der Waals surface area contributed by atoms with Crippen LogP contribution in [0.3, 0.4) is 0 Å². The molecule has 4 rings (SSSR count). The van der Waals surface area contributed by atoms with E-state index in [2.05, 4.69) is 20.1 Å². The molecule has 1 saturated heterocycles. The second-order valence-electron chi connectivity index (χ2n) is 10.2. The molecule has 0 bridgehead atoms. The van der Waals surface area contributed by atoms with Crippen LogP contribution in [-0.4, -0.2) is 80.7 Å². The monoisotopic (exact) mass is 565 g/mol. The van der Waals surface area contributed by atoms with E-state index in [1.165, 1.54) is 7.05 Å². The summed E-state index contributed by atoms with van der Waals surface area (Å²) in [6.07, 6.45) is -0.641. The number of hydrogen-bond acceptors (Lipinski definition) is 5. The number of carbonyl (C=O) groups excluding carboxylic acids is 2. The van der Waals surface area contributed by atoms with Crippen molar-refractivity contribution in [2.45, 2.75) is 62.6 Å². The highest BCUT2D eigenvalue weighted by Gasteiger charge is 2.55. The van der Waals surface area contributed by atoms with Gasteiger partial charge in [0.1, 0.15) is 11.6 Å². The van der Waals surface area contributed by atoms with Crippen LogP contribution < -0.4 is 20.1 Å². The zero-order valence-electron chi connectivity index (χ0n) is 21.0. The summed E-state index contributed by atoms with van der Waals surface area (Å²) >= 11 is 0. The minimum absolute atomic E-state index is 0.0218. The first-order chi connectivity index (χ1) is 17.7. The van der Waals surface area contributed by atoms with Gasteiger partial charge >= 0.3 is 18.4 Å². The average Bonchev–Trinajstić information content (AvgIpc) is 3.73. The van der Waals surface area contributed by atoms with Gasteiger partial charge in [0.25, 0.3) is 0 Å². The number of hydrogen-bond donors (Lipinski definition) is 3. The third-order valence-electron chi connectivity index (χ3n) is 7.14. The molecule has 0 radical (unpaired) electrons. The maximum atomic E-state index is 14.4. The number of alkyl halides is 3. The van der Waals surface area contributed by atoms with E-state index in [1.807, 2.05) is 0 Å². The molecule has 2 atom stereocenters. The molecule has 3 aliphatic rings. The van der Waals surface area contributed by atoms with Crippen LogP contribution in [0.5, 0.6) is 5.75 Å². The van der Waals surface area contributed by atoms with Crippen molar-refractivity contribution < 1.29 is 40.3 Å². The molecular weight excluding hydrogens is 534 g/mol. The number of rotatable bonds is 8. The fourth-order valence-corrected chi connectivity index (χ4v) is 6.32. The number of urea groups is 2. The number of nitrogens with one attached hydrogen (secondary N) is 3. The van der Waals surface area contributed by atoms with Gasteiger partial charge in [0.2, 0.25) is 10.0 Å². The Hall–Kier alpha value is -2.81. The highest BCUT2D eigenvalue weighted by Crippen LogP contribution is 2.47.